The minimum atomic E-state index is -3.18. The van der Waals surface area contributed by atoms with Crippen LogP contribution in [0.2, 0.25) is 0 Å². The van der Waals surface area contributed by atoms with Gasteiger partial charge in [-0.1, -0.05) is 6.92 Å². The maximum atomic E-state index is 13.5. The lowest BCUT2D eigenvalue weighted by molar-refractivity contribution is 0.0721. The number of hydrogen-bond acceptors (Lipinski definition) is 5. The standard InChI is InChI=1S/C21H28N2O4S/c1-5-23(14(3)13-28(25,26)6-2)21(24)18-12-20(15-7-8-15)22-19-10-9-16(27-4)11-17(18)19/h9-12,14-15H,5-8,13H2,1-4H3. The zero-order chi connectivity index (χ0) is 20.5. The van der Waals surface area contributed by atoms with Crippen LogP contribution < -0.4 is 4.74 Å². The Hall–Kier alpha value is -2.15. The first-order valence-electron chi connectivity index (χ1n) is 9.79. The fourth-order valence-electron chi connectivity index (χ4n) is 3.50. The van der Waals surface area contributed by atoms with Crippen LogP contribution in [0.15, 0.2) is 24.3 Å². The minimum absolute atomic E-state index is 0.0368. The highest BCUT2D eigenvalue weighted by Crippen LogP contribution is 2.40. The van der Waals surface area contributed by atoms with Gasteiger partial charge in [0.05, 0.1) is 23.9 Å². The SMILES string of the molecule is CCN(C(=O)c1cc(C2CC2)nc2ccc(OC)cc12)C(C)CS(=O)(=O)CC. The van der Waals surface area contributed by atoms with Crippen molar-refractivity contribution in [2.45, 2.75) is 45.6 Å². The normalized spacial score (nSPS) is 15.4. The number of sulfone groups is 1. The summed E-state index contributed by atoms with van der Waals surface area (Å²) in [6, 6.07) is 7.02. The number of methoxy groups -OCH3 is 1. The molecule has 28 heavy (non-hydrogen) atoms. The lowest BCUT2D eigenvalue weighted by Gasteiger charge is -2.28. The number of pyridine rings is 1. The van der Waals surface area contributed by atoms with Crippen molar-refractivity contribution >= 4 is 26.6 Å². The Morgan fingerprint density at radius 1 is 1.29 bits per heavy atom. The third-order valence-corrected chi connectivity index (χ3v) is 7.20. The summed E-state index contributed by atoms with van der Waals surface area (Å²) < 4.78 is 29.5. The Morgan fingerprint density at radius 3 is 2.57 bits per heavy atom. The Labute approximate surface area is 166 Å². The number of fused-ring (bicyclic) bond motifs is 1. The molecular formula is C21H28N2O4S. The van der Waals surface area contributed by atoms with Gasteiger partial charge in [0.2, 0.25) is 0 Å². The molecule has 1 aliphatic rings. The topological polar surface area (TPSA) is 76.6 Å². The van der Waals surface area contributed by atoms with Gasteiger partial charge >= 0.3 is 0 Å². The summed E-state index contributed by atoms with van der Waals surface area (Å²) in [4.78, 5) is 19.8. The largest absolute Gasteiger partial charge is 0.497 e. The average Bonchev–Trinajstić information content (AvgIpc) is 3.52. The van der Waals surface area contributed by atoms with Crippen molar-refractivity contribution in [1.82, 2.24) is 9.88 Å². The summed E-state index contributed by atoms with van der Waals surface area (Å²) in [6.45, 7) is 5.73. The smallest absolute Gasteiger partial charge is 0.254 e. The monoisotopic (exact) mass is 404 g/mol. The van der Waals surface area contributed by atoms with E-state index in [1.165, 1.54) is 0 Å². The summed E-state index contributed by atoms with van der Waals surface area (Å²) >= 11 is 0. The number of benzene rings is 1. The number of rotatable bonds is 8. The Kier molecular flexibility index (Phi) is 5.93. The van der Waals surface area contributed by atoms with E-state index in [9.17, 15) is 13.2 Å². The molecule has 7 heteroatoms. The van der Waals surface area contributed by atoms with Gasteiger partial charge in [-0.25, -0.2) is 8.42 Å². The highest BCUT2D eigenvalue weighted by Gasteiger charge is 2.30. The second kappa shape index (κ2) is 8.07. The number of nitrogens with zero attached hydrogens (tertiary/aromatic N) is 2. The molecule has 1 saturated carbocycles. The molecule has 1 aromatic carbocycles. The summed E-state index contributed by atoms with van der Waals surface area (Å²) in [6.07, 6.45) is 2.18. The van der Waals surface area contributed by atoms with Crippen LogP contribution >= 0.6 is 0 Å². The molecule has 1 heterocycles. The van der Waals surface area contributed by atoms with Gasteiger partial charge in [0.25, 0.3) is 5.91 Å². The molecule has 1 fully saturated rings. The van der Waals surface area contributed by atoms with Crippen molar-refractivity contribution in [3.63, 3.8) is 0 Å². The number of aromatic nitrogens is 1. The molecule has 2 aromatic rings. The molecule has 1 aromatic heterocycles. The van der Waals surface area contributed by atoms with Crippen molar-refractivity contribution in [3.8, 4) is 5.75 Å². The van der Waals surface area contributed by atoms with Crippen molar-refractivity contribution in [3.05, 3.63) is 35.5 Å². The number of carbonyl (C=O) groups is 1. The first-order chi connectivity index (χ1) is 13.3. The highest BCUT2D eigenvalue weighted by molar-refractivity contribution is 7.91. The summed E-state index contributed by atoms with van der Waals surface area (Å²) in [5.74, 6) is 0.942. The lowest BCUT2D eigenvalue weighted by atomic mass is 10.0. The summed E-state index contributed by atoms with van der Waals surface area (Å²) in [5, 5.41) is 0.734. The van der Waals surface area contributed by atoms with E-state index in [0.717, 1.165) is 29.4 Å². The molecule has 0 saturated heterocycles. The van der Waals surface area contributed by atoms with E-state index < -0.39 is 15.9 Å². The van der Waals surface area contributed by atoms with E-state index in [1.807, 2.05) is 31.2 Å². The molecule has 1 aliphatic carbocycles. The highest BCUT2D eigenvalue weighted by atomic mass is 32.2. The summed E-state index contributed by atoms with van der Waals surface area (Å²) in [7, 11) is -1.59. The van der Waals surface area contributed by atoms with Crippen molar-refractivity contribution in [2.24, 2.45) is 0 Å². The molecule has 0 aliphatic heterocycles. The van der Waals surface area contributed by atoms with E-state index in [2.05, 4.69) is 0 Å². The third-order valence-electron chi connectivity index (χ3n) is 5.33. The summed E-state index contributed by atoms with van der Waals surface area (Å²) in [5.41, 5.74) is 2.26. The van der Waals surface area contributed by atoms with Gasteiger partial charge in [0, 0.05) is 35.3 Å². The maximum Gasteiger partial charge on any atom is 0.254 e. The van der Waals surface area contributed by atoms with Crippen LogP contribution in [-0.4, -0.2) is 55.4 Å². The number of hydrogen-bond donors (Lipinski definition) is 0. The number of amides is 1. The second-order valence-electron chi connectivity index (χ2n) is 7.39. The van der Waals surface area contributed by atoms with Crippen LogP contribution in [0.1, 0.15) is 55.6 Å². The average molecular weight is 405 g/mol. The van der Waals surface area contributed by atoms with E-state index >= 15 is 0 Å². The quantitative estimate of drug-likeness (QED) is 0.674. The maximum absolute atomic E-state index is 13.5. The number of carbonyl (C=O) groups excluding carboxylic acids is 1. The minimum Gasteiger partial charge on any atom is -0.497 e. The predicted molar refractivity (Wildman–Crippen MR) is 111 cm³/mol. The van der Waals surface area contributed by atoms with E-state index in [0.29, 0.717) is 23.8 Å². The van der Waals surface area contributed by atoms with E-state index in [4.69, 9.17) is 9.72 Å². The van der Waals surface area contributed by atoms with Crippen LogP contribution in [-0.2, 0) is 9.84 Å². The van der Waals surface area contributed by atoms with Crippen molar-refractivity contribution in [1.29, 1.82) is 0 Å². The van der Waals surface area contributed by atoms with Gasteiger partial charge in [-0.05, 0) is 51.0 Å². The molecule has 3 rings (SSSR count). The lowest BCUT2D eigenvalue weighted by Crippen LogP contribution is -2.42. The van der Waals surface area contributed by atoms with Crippen LogP contribution in [0, 0.1) is 0 Å². The third kappa shape index (κ3) is 4.29. The molecule has 152 valence electrons. The van der Waals surface area contributed by atoms with Crippen molar-refractivity contribution in [2.75, 3.05) is 25.2 Å². The molecule has 6 nitrogen and oxygen atoms in total. The van der Waals surface area contributed by atoms with Crippen LogP contribution in [0.4, 0.5) is 0 Å². The van der Waals surface area contributed by atoms with Crippen molar-refractivity contribution < 1.29 is 17.9 Å². The molecule has 0 spiro atoms. The van der Waals surface area contributed by atoms with Crippen LogP contribution in [0.25, 0.3) is 10.9 Å². The van der Waals surface area contributed by atoms with Gasteiger partial charge in [-0.3, -0.25) is 9.78 Å². The zero-order valence-corrected chi connectivity index (χ0v) is 17.8. The van der Waals surface area contributed by atoms with Crippen LogP contribution in [0.5, 0.6) is 5.75 Å². The Morgan fingerprint density at radius 2 is 2.00 bits per heavy atom. The first kappa shape index (κ1) is 20.6. The molecule has 1 amide bonds. The second-order valence-corrected chi connectivity index (χ2v) is 9.79. The van der Waals surface area contributed by atoms with E-state index in [1.54, 1.807) is 25.9 Å². The van der Waals surface area contributed by atoms with Crippen LogP contribution in [0.3, 0.4) is 0 Å². The molecule has 0 N–H and O–H groups in total. The zero-order valence-electron chi connectivity index (χ0n) is 16.9. The molecular weight excluding hydrogens is 376 g/mol. The van der Waals surface area contributed by atoms with Gasteiger partial charge in [0.15, 0.2) is 9.84 Å². The molecule has 0 bridgehead atoms. The number of ether oxygens (including phenoxy) is 1. The molecule has 0 radical (unpaired) electrons. The van der Waals surface area contributed by atoms with Gasteiger partial charge in [0.1, 0.15) is 5.75 Å². The molecule has 1 atom stereocenters. The van der Waals surface area contributed by atoms with E-state index in [-0.39, 0.29) is 17.4 Å². The fourth-order valence-corrected chi connectivity index (χ4v) is 4.65. The Bertz CT molecular complexity index is 983. The molecule has 1 unspecified atom stereocenters. The van der Waals surface area contributed by atoms with Gasteiger partial charge < -0.3 is 9.64 Å². The van der Waals surface area contributed by atoms with Gasteiger partial charge in [-0.15, -0.1) is 0 Å². The Balaban J connectivity index is 2.05. The van der Waals surface area contributed by atoms with Gasteiger partial charge in [-0.2, -0.15) is 0 Å². The fraction of sp³-hybridized carbons (Fsp3) is 0.524. The predicted octanol–water partition coefficient (Wildman–Crippen LogP) is 3.41. The first-order valence-corrected chi connectivity index (χ1v) is 11.6.